The molecule has 24 heavy (non-hydrogen) atoms. The molecule has 0 bridgehead atoms. The number of hydrogen-bond donors (Lipinski definition) is 2. The Bertz CT molecular complexity index is 350. The van der Waals surface area contributed by atoms with Crippen LogP contribution in [0.3, 0.4) is 0 Å². The maximum Gasteiger partial charge on any atom is 0.306 e. The lowest BCUT2D eigenvalue weighted by Crippen LogP contribution is -2.15. The van der Waals surface area contributed by atoms with E-state index in [0.717, 1.165) is 51.4 Å². The molecule has 0 aliphatic heterocycles. The first kappa shape index (κ1) is 25.1. The van der Waals surface area contributed by atoms with Gasteiger partial charge >= 0.3 is 11.9 Å². The van der Waals surface area contributed by atoms with Crippen LogP contribution in [0.4, 0.5) is 0 Å². The molecule has 0 saturated carbocycles. The molecular weight excluding hydrogens is 334 g/mol. The number of nitrogens with two attached hydrogens (primary N) is 1. The minimum absolute atomic E-state index is 0. The molecule has 0 aliphatic rings. The van der Waals surface area contributed by atoms with E-state index >= 15 is 0 Å². The number of carbonyl (C=O) groups is 3. The van der Waals surface area contributed by atoms with Gasteiger partial charge in [-0.1, -0.05) is 44.9 Å². The Balaban J connectivity index is 0. The van der Waals surface area contributed by atoms with E-state index in [1.54, 1.807) is 0 Å². The molecule has 0 unspecified atom stereocenters. The summed E-state index contributed by atoms with van der Waals surface area (Å²) in [5.74, 6) is -1.16. The summed E-state index contributed by atoms with van der Waals surface area (Å²) in [4.78, 5) is 32.6. The highest BCUT2D eigenvalue weighted by molar-refractivity contribution is 5.85. The van der Waals surface area contributed by atoms with Crippen molar-refractivity contribution in [3.8, 4) is 0 Å². The summed E-state index contributed by atoms with van der Waals surface area (Å²) < 4.78 is 5.05. The van der Waals surface area contributed by atoms with Crippen molar-refractivity contribution < 1.29 is 24.2 Å². The molecule has 0 spiro atoms. The monoisotopic (exact) mass is 365 g/mol. The molecule has 7 heteroatoms. The molecule has 0 atom stereocenters. The highest BCUT2D eigenvalue weighted by Crippen LogP contribution is 2.10. The standard InChI is InChI=1S/C17H31NO5.ClH/c18-14-15(19)11-12-17(22)23-13-9-7-5-3-1-2-4-6-8-10-16(20)21;/h1-14,18H2,(H,20,21);1H. The molecule has 0 rings (SSSR count). The molecule has 0 fully saturated rings. The third-order valence-electron chi connectivity index (χ3n) is 3.63. The number of aliphatic carboxylic acids is 1. The molecule has 0 aliphatic carbocycles. The average molecular weight is 366 g/mol. The van der Waals surface area contributed by atoms with E-state index in [2.05, 4.69) is 0 Å². The van der Waals surface area contributed by atoms with E-state index in [4.69, 9.17) is 15.6 Å². The average Bonchev–Trinajstić information content (AvgIpc) is 2.53. The Hall–Kier alpha value is -1.14. The molecule has 6 nitrogen and oxygen atoms in total. The van der Waals surface area contributed by atoms with Crippen molar-refractivity contribution in [1.82, 2.24) is 0 Å². The molecule has 142 valence electrons. The summed E-state index contributed by atoms with van der Waals surface area (Å²) in [5.41, 5.74) is 5.16. The van der Waals surface area contributed by atoms with Gasteiger partial charge in [0.2, 0.25) is 0 Å². The molecule has 0 amide bonds. The zero-order valence-corrected chi connectivity index (χ0v) is 15.3. The van der Waals surface area contributed by atoms with Crippen LogP contribution in [-0.4, -0.2) is 36.0 Å². The molecule has 0 aromatic heterocycles. The second-order valence-corrected chi connectivity index (χ2v) is 5.79. The Morgan fingerprint density at radius 1 is 0.750 bits per heavy atom. The lowest BCUT2D eigenvalue weighted by Gasteiger charge is -2.05. The van der Waals surface area contributed by atoms with Crippen molar-refractivity contribution in [3.63, 3.8) is 0 Å². The summed E-state index contributed by atoms with van der Waals surface area (Å²) in [6.07, 6.45) is 9.95. The van der Waals surface area contributed by atoms with Gasteiger partial charge in [0.05, 0.1) is 19.6 Å². The fourth-order valence-corrected chi connectivity index (χ4v) is 2.22. The first-order chi connectivity index (χ1) is 11.1. The lowest BCUT2D eigenvalue weighted by atomic mass is 10.1. The minimum Gasteiger partial charge on any atom is -0.481 e. The SMILES string of the molecule is Cl.NCC(=O)CCC(=O)OCCCCCCCCCCCC(=O)O. The molecule has 0 aromatic carbocycles. The second-order valence-electron chi connectivity index (χ2n) is 5.79. The van der Waals surface area contributed by atoms with Crippen LogP contribution in [0.2, 0.25) is 0 Å². The summed E-state index contributed by atoms with van der Waals surface area (Å²) in [6.45, 7) is 0.400. The molecular formula is C17H32ClNO5. The van der Waals surface area contributed by atoms with Crippen molar-refractivity contribution in [2.24, 2.45) is 5.73 Å². The smallest absolute Gasteiger partial charge is 0.306 e. The van der Waals surface area contributed by atoms with Crippen LogP contribution in [0.25, 0.3) is 0 Å². The van der Waals surface area contributed by atoms with Crippen LogP contribution in [0.1, 0.15) is 77.0 Å². The van der Waals surface area contributed by atoms with Gasteiger partial charge in [-0.05, 0) is 12.8 Å². The largest absolute Gasteiger partial charge is 0.481 e. The number of halogens is 1. The summed E-state index contributed by atoms with van der Waals surface area (Å²) in [5, 5.41) is 8.51. The predicted molar refractivity (Wildman–Crippen MR) is 95.3 cm³/mol. The topological polar surface area (TPSA) is 107 Å². The fraction of sp³-hybridized carbons (Fsp3) is 0.824. The van der Waals surface area contributed by atoms with Crippen LogP contribution in [0.15, 0.2) is 0 Å². The number of ether oxygens (including phenoxy) is 1. The number of ketones is 1. The third-order valence-corrected chi connectivity index (χ3v) is 3.63. The number of rotatable bonds is 16. The van der Waals surface area contributed by atoms with Gasteiger partial charge in [-0.15, -0.1) is 12.4 Å². The van der Waals surface area contributed by atoms with Gasteiger partial charge in [0.1, 0.15) is 5.78 Å². The summed E-state index contributed by atoms with van der Waals surface area (Å²) in [7, 11) is 0. The van der Waals surface area contributed by atoms with E-state index < -0.39 is 5.97 Å². The highest BCUT2D eigenvalue weighted by atomic mass is 35.5. The van der Waals surface area contributed by atoms with Gasteiger partial charge < -0.3 is 15.6 Å². The third kappa shape index (κ3) is 18.9. The zero-order valence-electron chi connectivity index (χ0n) is 14.5. The summed E-state index contributed by atoms with van der Waals surface area (Å²) in [6, 6.07) is 0. The first-order valence-corrected chi connectivity index (χ1v) is 8.65. The molecule has 3 N–H and O–H groups in total. The van der Waals surface area contributed by atoms with Crippen molar-refractivity contribution in [2.45, 2.75) is 77.0 Å². The Labute approximate surface area is 150 Å². The second kappa shape index (κ2) is 18.2. The fourth-order valence-electron chi connectivity index (χ4n) is 2.22. The molecule has 0 heterocycles. The number of unbranched alkanes of at least 4 members (excludes halogenated alkanes) is 8. The maximum absolute atomic E-state index is 11.3. The lowest BCUT2D eigenvalue weighted by molar-refractivity contribution is -0.144. The number of carboxylic acids is 1. The van der Waals surface area contributed by atoms with E-state index in [-0.39, 0.29) is 50.0 Å². The number of carbonyl (C=O) groups excluding carboxylic acids is 2. The quantitative estimate of drug-likeness (QED) is 0.321. The van der Waals surface area contributed by atoms with Gasteiger partial charge in [-0.3, -0.25) is 14.4 Å². The van der Waals surface area contributed by atoms with E-state index in [1.165, 1.54) is 6.42 Å². The maximum atomic E-state index is 11.3. The van der Waals surface area contributed by atoms with E-state index in [9.17, 15) is 14.4 Å². The van der Waals surface area contributed by atoms with Gasteiger partial charge in [-0.25, -0.2) is 0 Å². The Kier molecular flexibility index (Phi) is 19.0. The molecule has 0 aromatic rings. The van der Waals surface area contributed by atoms with Gasteiger partial charge in [-0.2, -0.15) is 0 Å². The van der Waals surface area contributed by atoms with E-state index in [0.29, 0.717) is 6.61 Å². The van der Waals surface area contributed by atoms with Crippen LogP contribution >= 0.6 is 12.4 Å². The number of esters is 1. The van der Waals surface area contributed by atoms with Crippen LogP contribution in [-0.2, 0) is 19.1 Å². The Morgan fingerprint density at radius 2 is 1.25 bits per heavy atom. The van der Waals surface area contributed by atoms with Crippen molar-refractivity contribution in [1.29, 1.82) is 0 Å². The number of hydrogen-bond acceptors (Lipinski definition) is 5. The van der Waals surface area contributed by atoms with Gasteiger partial charge in [0.25, 0.3) is 0 Å². The van der Waals surface area contributed by atoms with Gasteiger partial charge in [0.15, 0.2) is 0 Å². The Morgan fingerprint density at radius 3 is 1.75 bits per heavy atom. The van der Waals surface area contributed by atoms with Crippen LogP contribution in [0.5, 0.6) is 0 Å². The van der Waals surface area contributed by atoms with E-state index in [1.807, 2.05) is 0 Å². The van der Waals surface area contributed by atoms with Gasteiger partial charge in [0, 0.05) is 12.8 Å². The molecule has 0 saturated heterocycles. The molecule has 0 radical (unpaired) electrons. The zero-order chi connectivity index (χ0) is 17.3. The van der Waals surface area contributed by atoms with Crippen molar-refractivity contribution in [2.75, 3.05) is 13.2 Å². The number of Topliss-reactive ketones (excluding diaryl/α,β-unsaturated/α-hetero) is 1. The minimum atomic E-state index is -0.711. The normalized spacial score (nSPS) is 10.0. The number of carboxylic acid groups (broad SMARTS) is 1. The van der Waals surface area contributed by atoms with Crippen LogP contribution < -0.4 is 5.73 Å². The van der Waals surface area contributed by atoms with Crippen molar-refractivity contribution in [3.05, 3.63) is 0 Å². The first-order valence-electron chi connectivity index (χ1n) is 8.65. The predicted octanol–water partition coefficient (Wildman–Crippen LogP) is 3.25. The van der Waals surface area contributed by atoms with Crippen molar-refractivity contribution >= 4 is 30.1 Å². The summed E-state index contributed by atoms with van der Waals surface area (Å²) >= 11 is 0. The highest BCUT2D eigenvalue weighted by Gasteiger charge is 2.06. The van der Waals surface area contributed by atoms with Crippen LogP contribution in [0, 0.1) is 0 Å².